The fourth-order valence-corrected chi connectivity index (χ4v) is 3.13. The van der Waals surface area contributed by atoms with Crippen LogP contribution in [0.15, 0.2) is 66.7 Å². The van der Waals surface area contributed by atoms with Gasteiger partial charge in [0.15, 0.2) is 11.5 Å². The Balaban J connectivity index is 1.89. The lowest BCUT2D eigenvalue weighted by Crippen LogP contribution is -2.17. The van der Waals surface area contributed by atoms with Gasteiger partial charge in [-0.3, -0.25) is 4.79 Å². The third-order valence-corrected chi connectivity index (χ3v) is 4.56. The molecule has 0 aliphatic rings. The molecule has 0 atom stereocenters. The van der Waals surface area contributed by atoms with E-state index in [-0.39, 0.29) is 34.4 Å². The maximum Gasteiger partial charge on any atom is 0.418 e. The van der Waals surface area contributed by atoms with Gasteiger partial charge < -0.3 is 14.8 Å². The van der Waals surface area contributed by atoms with E-state index < -0.39 is 17.6 Å². The lowest BCUT2D eigenvalue weighted by Gasteiger charge is -2.16. The van der Waals surface area contributed by atoms with E-state index in [2.05, 4.69) is 5.32 Å². The van der Waals surface area contributed by atoms with Crippen LogP contribution in [0.25, 0.3) is 0 Å². The van der Waals surface area contributed by atoms with E-state index in [0.717, 1.165) is 11.6 Å². The smallest absolute Gasteiger partial charge is 0.418 e. The summed E-state index contributed by atoms with van der Waals surface area (Å²) in [5.41, 5.74) is -0.374. The van der Waals surface area contributed by atoms with Gasteiger partial charge in [-0.1, -0.05) is 54.1 Å². The molecule has 0 radical (unpaired) electrons. The Morgan fingerprint density at radius 3 is 2.35 bits per heavy atom. The average molecular weight is 450 g/mol. The molecule has 4 nitrogen and oxygen atoms in total. The highest BCUT2D eigenvalue weighted by Crippen LogP contribution is 2.38. The molecule has 0 saturated heterocycles. The predicted molar refractivity (Wildman–Crippen MR) is 113 cm³/mol. The number of hydrogen-bond acceptors (Lipinski definition) is 3. The van der Waals surface area contributed by atoms with Crippen molar-refractivity contribution in [1.82, 2.24) is 0 Å². The van der Waals surface area contributed by atoms with Crippen molar-refractivity contribution in [1.29, 1.82) is 0 Å². The number of amides is 1. The summed E-state index contributed by atoms with van der Waals surface area (Å²) in [6, 6.07) is 16.8. The van der Waals surface area contributed by atoms with E-state index in [1.54, 1.807) is 6.92 Å². The number of hydrogen-bond donors (Lipinski definition) is 1. The Kier molecular flexibility index (Phi) is 7.07. The van der Waals surface area contributed by atoms with Gasteiger partial charge in [0.2, 0.25) is 0 Å². The monoisotopic (exact) mass is 449 g/mol. The van der Waals surface area contributed by atoms with Crippen molar-refractivity contribution in [2.45, 2.75) is 19.7 Å². The quantitative estimate of drug-likeness (QED) is 0.442. The zero-order chi connectivity index (χ0) is 22.4. The number of carbonyl (C=O) groups excluding carboxylic acids is 1. The molecule has 0 saturated carbocycles. The van der Waals surface area contributed by atoms with Crippen LogP contribution in [0, 0.1) is 0 Å². The van der Waals surface area contributed by atoms with Crippen LogP contribution in [0.2, 0.25) is 5.02 Å². The second kappa shape index (κ2) is 9.75. The second-order valence-corrected chi connectivity index (χ2v) is 6.90. The van der Waals surface area contributed by atoms with Gasteiger partial charge in [-0.25, -0.2) is 0 Å². The summed E-state index contributed by atoms with van der Waals surface area (Å²) in [6.07, 6.45) is -4.61. The Morgan fingerprint density at radius 1 is 1.00 bits per heavy atom. The van der Waals surface area contributed by atoms with Crippen LogP contribution in [-0.2, 0) is 12.8 Å². The largest absolute Gasteiger partial charge is 0.488 e. The molecule has 0 heterocycles. The number of para-hydroxylation sites is 1. The molecule has 162 valence electrons. The molecular formula is C23H19ClF3NO3. The topological polar surface area (TPSA) is 47.6 Å². The molecular weight excluding hydrogens is 431 g/mol. The fourth-order valence-electron chi connectivity index (χ4n) is 2.86. The standard InChI is InChI=1S/C23H19ClF3NO3/c1-2-30-21-18(24)12-16(13-20(21)31-14-15-8-4-3-5-9-15)22(29)28-19-11-7-6-10-17(19)23(25,26)27/h3-13H,2,14H2,1H3,(H,28,29). The maximum absolute atomic E-state index is 13.2. The Bertz CT molecular complexity index is 1060. The zero-order valence-electron chi connectivity index (χ0n) is 16.5. The Hall–Kier alpha value is -3.19. The summed E-state index contributed by atoms with van der Waals surface area (Å²) >= 11 is 6.28. The van der Waals surface area contributed by atoms with E-state index in [1.165, 1.54) is 30.3 Å². The molecule has 3 aromatic rings. The first-order valence-corrected chi connectivity index (χ1v) is 9.78. The van der Waals surface area contributed by atoms with Crippen LogP contribution in [0.4, 0.5) is 18.9 Å². The van der Waals surface area contributed by atoms with Crippen molar-refractivity contribution >= 4 is 23.2 Å². The van der Waals surface area contributed by atoms with Gasteiger partial charge in [0.05, 0.1) is 22.9 Å². The van der Waals surface area contributed by atoms with Crippen LogP contribution in [-0.4, -0.2) is 12.5 Å². The number of ether oxygens (including phenoxy) is 2. The molecule has 3 rings (SSSR count). The van der Waals surface area contributed by atoms with Crippen LogP contribution in [0.5, 0.6) is 11.5 Å². The van der Waals surface area contributed by atoms with Gasteiger partial charge in [-0.2, -0.15) is 13.2 Å². The second-order valence-electron chi connectivity index (χ2n) is 6.49. The van der Waals surface area contributed by atoms with E-state index in [0.29, 0.717) is 6.61 Å². The molecule has 0 aromatic heterocycles. The van der Waals surface area contributed by atoms with Crippen molar-refractivity contribution in [3.8, 4) is 11.5 Å². The number of carbonyl (C=O) groups is 1. The van der Waals surface area contributed by atoms with Crippen molar-refractivity contribution < 1.29 is 27.4 Å². The highest BCUT2D eigenvalue weighted by Gasteiger charge is 2.33. The van der Waals surface area contributed by atoms with E-state index in [4.69, 9.17) is 21.1 Å². The average Bonchev–Trinajstić information content (AvgIpc) is 2.74. The van der Waals surface area contributed by atoms with Crippen LogP contribution < -0.4 is 14.8 Å². The first-order valence-electron chi connectivity index (χ1n) is 9.40. The van der Waals surface area contributed by atoms with Crippen molar-refractivity contribution in [3.63, 3.8) is 0 Å². The molecule has 0 spiro atoms. The van der Waals surface area contributed by atoms with E-state index in [1.807, 2.05) is 30.3 Å². The zero-order valence-corrected chi connectivity index (χ0v) is 17.3. The van der Waals surface area contributed by atoms with Gasteiger partial charge in [0.1, 0.15) is 6.61 Å². The molecule has 8 heteroatoms. The number of alkyl halides is 3. The molecule has 3 aromatic carbocycles. The molecule has 1 amide bonds. The molecule has 0 unspecified atom stereocenters. The van der Waals surface area contributed by atoms with Crippen LogP contribution in [0.3, 0.4) is 0 Å². The minimum atomic E-state index is -4.61. The molecule has 0 aliphatic heterocycles. The van der Waals surface area contributed by atoms with Gasteiger partial charge in [0, 0.05) is 5.56 Å². The SMILES string of the molecule is CCOc1c(Cl)cc(C(=O)Nc2ccccc2C(F)(F)F)cc1OCc1ccccc1. The lowest BCUT2D eigenvalue weighted by atomic mass is 10.1. The van der Waals surface area contributed by atoms with Crippen molar-refractivity contribution in [2.24, 2.45) is 0 Å². The molecule has 0 aliphatic carbocycles. The minimum Gasteiger partial charge on any atom is -0.488 e. The van der Waals surface area contributed by atoms with Gasteiger partial charge in [-0.05, 0) is 36.8 Å². The summed E-state index contributed by atoms with van der Waals surface area (Å²) in [6.45, 7) is 2.27. The van der Waals surface area contributed by atoms with Gasteiger partial charge >= 0.3 is 6.18 Å². The third-order valence-electron chi connectivity index (χ3n) is 4.28. The number of halogens is 4. The summed E-state index contributed by atoms with van der Waals surface area (Å²) in [4.78, 5) is 12.7. The van der Waals surface area contributed by atoms with Crippen molar-refractivity contribution in [2.75, 3.05) is 11.9 Å². The molecule has 0 bridgehead atoms. The molecule has 0 fully saturated rings. The Morgan fingerprint density at radius 2 is 1.68 bits per heavy atom. The maximum atomic E-state index is 13.2. The number of benzene rings is 3. The number of rotatable bonds is 7. The summed E-state index contributed by atoms with van der Waals surface area (Å²) in [5, 5.41) is 2.41. The van der Waals surface area contributed by atoms with E-state index in [9.17, 15) is 18.0 Å². The first kappa shape index (κ1) is 22.5. The van der Waals surface area contributed by atoms with Crippen molar-refractivity contribution in [3.05, 3.63) is 88.4 Å². The Labute approximate surface area is 182 Å². The number of nitrogens with one attached hydrogen (secondary N) is 1. The van der Waals surface area contributed by atoms with Gasteiger partial charge in [0.25, 0.3) is 5.91 Å². The predicted octanol–water partition coefficient (Wildman–Crippen LogP) is 6.59. The summed E-state index contributed by atoms with van der Waals surface area (Å²) in [5.74, 6) is -0.286. The third kappa shape index (κ3) is 5.70. The summed E-state index contributed by atoms with van der Waals surface area (Å²) < 4.78 is 51.0. The summed E-state index contributed by atoms with van der Waals surface area (Å²) in [7, 11) is 0. The fraction of sp³-hybridized carbons (Fsp3) is 0.174. The highest BCUT2D eigenvalue weighted by molar-refractivity contribution is 6.32. The van der Waals surface area contributed by atoms with E-state index >= 15 is 0 Å². The molecule has 1 N–H and O–H groups in total. The van der Waals surface area contributed by atoms with Crippen LogP contribution in [0.1, 0.15) is 28.4 Å². The van der Waals surface area contributed by atoms with Gasteiger partial charge in [-0.15, -0.1) is 0 Å². The molecule has 31 heavy (non-hydrogen) atoms. The van der Waals surface area contributed by atoms with Crippen LogP contribution >= 0.6 is 11.6 Å². The minimum absolute atomic E-state index is 0.0356. The first-order chi connectivity index (χ1) is 14.8. The number of anilines is 1. The highest BCUT2D eigenvalue weighted by atomic mass is 35.5. The lowest BCUT2D eigenvalue weighted by molar-refractivity contribution is -0.136. The normalized spacial score (nSPS) is 11.1.